The molecule has 2 rings (SSSR count). The smallest absolute Gasteiger partial charge is 0.263 e. The van der Waals surface area contributed by atoms with Crippen LogP contribution in [0.1, 0.15) is 9.67 Å². The second-order valence-electron chi connectivity index (χ2n) is 4.05. The van der Waals surface area contributed by atoms with Crippen molar-refractivity contribution in [2.75, 3.05) is 5.32 Å². The number of thiophene rings is 1. The largest absolute Gasteiger partial charge is 0.361 e. The maximum absolute atomic E-state index is 12.1. The van der Waals surface area contributed by atoms with Crippen molar-refractivity contribution in [3.63, 3.8) is 0 Å². The molecule has 0 fully saturated rings. The normalized spacial score (nSPS) is 12.8. The monoisotopic (exact) mass is 382 g/mol. The minimum atomic E-state index is -1.74. The van der Waals surface area contributed by atoms with Crippen LogP contribution in [0.25, 0.3) is 0 Å². The Hall–Kier alpha value is -0.650. The van der Waals surface area contributed by atoms with E-state index in [-0.39, 0.29) is 5.91 Å². The number of halogens is 4. The highest BCUT2D eigenvalue weighted by molar-refractivity contribution is 7.12. The fourth-order valence-corrected chi connectivity index (χ4v) is 2.69. The molecule has 21 heavy (non-hydrogen) atoms. The van der Waals surface area contributed by atoms with Crippen molar-refractivity contribution in [1.82, 2.24) is 5.32 Å². The first kappa shape index (κ1) is 16.7. The number of anilines is 1. The quantitative estimate of drug-likeness (QED) is 0.579. The second kappa shape index (κ2) is 7.07. The number of hydrogen-bond acceptors (Lipinski definition) is 3. The molecule has 0 radical (unpaired) electrons. The molecule has 0 bridgehead atoms. The molecule has 112 valence electrons. The molecule has 0 spiro atoms. The topological polar surface area (TPSA) is 41.1 Å². The maximum atomic E-state index is 12.1. The summed E-state index contributed by atoms with van der Waals surface area (Å²) in [5, 5.41) is 7.82. The van der Waals surface area contributed by atoms with Crippen LogP contribution in [0.3, 0.4) is 0 Å². The van der Waals surface area contributed by atoms with Gasteiger partial charge in [-0.25, -0.2) is 0 Å². The molecular formula is C13H10Cl4N2OS. The zero-order valence-electron chi connectivity index (χ0n) is 10.4. The Labute approximate surface area is 146 Å². The van der Waals surface area contributed by atoms with Crippen LogP contribution in [0.2, 0.25) is 5.02 Å². The summed E-state index contributed by atoms with van der Waals surface area (Å²) in [5.41, 5.74) is 0.557. The third kappa shape index (κ3) is 4.66. The van der Waals surface area contributed by atoms with Crippen LogP contribution in [0, 0.1) is 0 Å². The van der Waals surface area contributed by atoms with Crippen molar-refractivity contribution in [2.45, 2.75) is 9.96 Å². The third-order valence-corrected chi connectivity index (χ3v) is 4.37. The predicted octanol–water partition coefficient (Wildman–Crippen LogP) is 4.94. The number of nitrogens with one attached hydrogen (secondary N) is 2. The van der Waals surface area contributed by atoms with Gasteiger partial charge in [0.15, 0.2) is 0 Å². The number of carbonyl (C=O) groups is 1. The van der Waals surface area contributed by atoms with E-state index in [1.54, 1.807) is 41.8 Å². The van der Waals surface area contributed by atoms with Gasteiger partial charge in [-0.15, -0.1) is 11.3 Å². The van der Waals surface area contributed by atoms with Gasteiger partial charge in [-0.05, 0) is 23.6 Å². The molecule has 1 amide bonds. The lowest BCUT2D eigenvalue weighted by Crippen LogP contribution is -2.49. The Kier molecular flexibility index (Phi) is 5.63. The fraction of sp³-hybridized carbons (Fsp3) is 0.154. The molecule has 1 heterocycles. The summed E-state index contributed by atoms with van der Waals surface area (Å²) in [5.74, 6) is -0.333. The standard InChI is InChI=1S/C13H10Cl4N2OS/c14-8-4-1-2-5-9(8)18-12(13(15,16)17)19-11(20)10-6-3-7-21-10/h1-7,12,18H,(H,19,20). The van der Waals surface area contributed by atoms with E-state index in [0.29, 0.717) is 15.6 Å². The molecule has 2 N–H and O–H groups in total. The van der Waals surface area contributed by atoms with Crippen LogP contribution in [-0.2, 0) is 0 Å². The number of amides is 1. The highest BCUT2D eigenvalue weighted by atomic mass is 35.6. The molecule has 1 aromatic heterocycles. The number of carbonyl (C=O) groups excluding carboxylic acids is 1. The predicted molar refractivity (Wildman–Crippen MR) is 90.9 cm³/mol. The first-order valence-electron chi connectivity index (χ1n) is 5.80. The third-order valence-electron chi connectivity index (χ3n) is 2.52. The van der Waals surface area contributed by atoms with Crippen LogP contribution < -0.4 is 10.6 Å². The van der Waals surface area contributed by atoms with E-state index in [4.69, 9.17) is 46.4 Å². The average Bonchev–Trinajstić information content (AvgIpc) is 2.93. The molecule has 1 atom stereocenters. The number of alkyl halides is 3. The van der Waals surface area contributed by atoms with Gasteiger partial charge in [-0.1, -0.05) is 64.6 Å². The van der Waals surface area contributed by atoms with E-state index in [9.17, 15) is 4.79 Å². The van der Waals surface area contributed by atoms with Gasteiger partial charge in [0.25, 0.3) is 5.91 Å². The van der Waals surface area contributed by atoms with Gasteiger partial charge >= 0.3 is 0 Å². The van der Waals surface area contributed by atoms with Crippen molar-refractivity contribution < 1.29 is 4.79 Å². The van der Waals surface area contributed by atoms with Crippen molar-refractivity contribution in [2.24, 2.45) is 0 Å². The Morgan fingerprint density at radius 3 is 2.43 bits per heavy atom. The lowest BCUT2D eigenvalue weighted by Gasteiger charge is -2.27. The summed E-state index contributed by atoms with van der Waals surface area (Å²) < 4.78 is -1.74. The SMILES string of the molecule is O=C(NC(Nc1ccccc1Cl)C(Cl)(Cl)Cl)c1cccs1. The number of hydrogen-bond donors (Lipinski definition) is 2. The molecule has 0 aliphatic carbocycles. The zero-order chi connectivity index (χ0) is 15.5. The van der Waals surface area contributed by atoms with Crippen LogP contribution in [0.5, 0.6) is 0 Å². The van der Waals surface area contributed by atoms with Crippen molar-refractivity contribution in [1.29, 1.82) is 0 Å². The highest BCUT2D eigenvalue weighted by Gasteiger charge is 2.34. The summed E-state index contributed by atoms with van der Waals surface area (Å²) in [7, 11) is 0. The molecule has 8 heteroatoms. The van der Waals surface area contributed by atoms with Crippen LogP contribution in [0.15, 0.2) is 41.8 Å². The first-order chi connectivity index (χ1) is 9.88. The minimum Gasteiger partial charge on any atom is -0.361 e. The van der Waals surface area contributed by atoms with E-state index in [0.717, 1.165) is 0 Å². The summed E-state index contributed by atoms with van der Waals surface area (Å²) >= 11 is 25.1. The second-order valence-corrected chi connectivity index (χ2v) is 7.77. The summed E-state index contributed by atoms with van der Waals surface area (Å²) in [4.78, 5) is 12.6. The lowest BCUT2D eigenvalue weighted by atomic mass is 10.3. The van der Waals surface area contributed by atoms with Crippen molar-refractivity contribution >= 4 is 69.3 Å². The van der Waals surface area contributed by atoms with E-state index in [1.807, 2.05) is 0 Å². The van der Waals surface area contributed by atoms with Gasteiger partial charge in [0.05, 0.1) is 15.6 Å². The Balaban J connectivity index is 2.16. The number of rotatable bonds is 4. The Morgan fingerprint density at radius 2 is 1.86 bits per heavy atom. The molecule has 0 aliphatic rings. The maximum Gasteiger partial charge on any atom is 0.263 e. The molecule has 0 saturated heterocycles. The van der Waals surface area contributed by atoms with E-state index in [2.05, 4.69) is 10.6 Å². The molecular weight excluding hydrogens is 374 g/mol. The van der Waals surface area contributed by atoms with E-state index in [1.165, 1.54) is 11.3 Å². The van der Waals surface area contributed by atoms with Crippen LogP contribution in [0.4, 0.5) is 5.69 Å². The summed E-state index contributed by atoms with van der Waals surface area (Å²) in [6, 6.07) is 10.4. The molecule has 1 unspecified atom stereocenters. The molecule has 1 aromatic carbocycles. The first-order valence-corrected chi connectivity index (χ1v) is 8.19. The fourth-order valence-electron chi connectivity index (χ4n) is 1.54. The van der Waals surface area contributed by atoms with Gasteiger partial charge in [0.1, 0.15) is 6.17 Å². The van der Waals surface area contributed by atoms with Gasteiger partial charge in [-0.3, -0.25) is 4.79 Å². The Bertz CT molecular complexity index is 613. The average molecular weight is 384 g/mol. The lowest BCUT2D eigenvalue weighted by molar-refractivity contribution is 0.0946. The van der Waals surface area contributed by atoms with E-state index >= 15 is 0 Å². The molecule has 3 nitrogen and oxygen atoms in total. The zero-order valence-corrected chi connectivity index (χ0v) is 14.3. The number of benzene rings is 1. The van der Waals surface area contributed by atoms with Gasteiger partial charge in [0, 0.05) is 0 Å². The van der Waals surface area contributed by atoms with Gasteiger partial charge < -0.3 is 10.6 Å². The summed E-state index contributed by atoms with van der Waals surface area (Å²) in [6.45, 7) is 0. The minimum absolute atomic E-state index is 0.333. The molecule has 2 aromatic rings. The molecule has 0 aliphatic heterocycles. The number of para-hydroxylation sites is 1. The van der Waals surface area contributed by atoms with Crippen LogP contribution in [-0.4, -0.2) is 15.9 Å². The van der Waals surface area contributed by atoms with Crippen LogP contribution >= 0.6 is 57.7 Å². The van der Waals surface area contributed by atoms with Gasteiger partial charge in [0.2, 0.25) is 3.79 Å². The van der Waals surface area contributed by atoms with Crippen molar-refractivity contribution in [3.05, 3.63) is 51.7 Å². The summed E-state index contributed by atoms with van der Waals surface area (Å²) in [6.07, 6.45) is -0.933. The van der Waals surface area contributed by atoms with E-state index < -0.39 is 9.96 Å². The highest BCUT2D eigenvalue weighted by Crippen LogP contribution is 2.33. The van der Waals surface area contributed by atoms with Crippen molar-refractivity contribution in [3.8, 4) is 0 Å². The van der Waals surface area contributed by atoms with Gasteiger partial charge in [-0.2, -0.15) is 0 Å². The Morgan fingerprint density at radius 1 is 1.14 bits per heavy atom. The molecule has 0 saturated carbocycles.